The van der Waals surface area contributed by atoms with Crippen molar-refractivity contribution < 1.29 is 9.50 Å². The van der Waals surface area contributed by atoms with E-state index in [1.807, 2.05) is 20.2 Å². The number of aliphatic hydroxyl groups excluding tert-OH is 1. The molecule has 1 saturated carbocycles. The summed E-state index contributed by atoms with van der Waals surface area (Å²) in [6.45, 7) is 0.717. The van der Waals surface area contributed by atoms with Crippen LogP contribution < -0.4 is 0 Å². The molecule has 106 valence electrons. The minimum atomic E-state index is -0.427. The Morgan fingerprint density at radius 2 is 2.16 bits per heavy atom. The summed E-state index contributed by atoms with van der Waals surface area (Å²) in [6.07, 6.45) is 3.33. The zero-order chi connectivity index (χ0) is 14.0. The fourth-order valence-electron chi connectivity index (χ4n) is 3.20. The molecule has 0 amide bonds. The first kappa shape index (κ1) is 14.8. The monoisotopic (exact) mass is 285 g/mol. The van der Waals surface area contributed by atoms with Gasteiger partial charge in [-0.25, -0.2) is 4.39 Å². The Morgan fingerprint density at radius 1 is 1.42 bits per heavy atom. The quantitative estimate of drug-likeness (QED) is 0.922. The number of rotatable bonds is 3. The predicted octanol–water partition coefficient (Wildman–Crippen LogP) is 3.21. The van der Waals surface area contributed by atoms with E-state index < -0.39 is 11.9 Å². The summed E-state index contributed by atoms with van der Waals surface area (Å²) >= 11 is 5.76. The van der Waals surface area contributed by atoms with Crippen molar-refractivity contribution in [2.45, 2.75) is 37.2 Å². The van der Waals surface area contributed by atoms with Crippen LogP contribution in [0.2, 0.25) is 5.02 Å². The summed E-state index contributed by atoms with van der Waals surface area (Å²) in [5.41, 5.74) is 0.475. The van der Waals surface area contributed by atoms with Gasteiger partial charge in [0.05, 0.1) is 11.1 Å². The average molecular weight is 286 g/mol. The third kappa shape index (κ3) is 2.93. The van der Waals surface area contributed by atoms with Gasteiger partial charge in [-0.3, -0.25) is 0 Å². The molecule has 0 heterocycles. The highest BCUT2D eigenvalue weighted by Gasteiger charge is 2.42. The van der Waals surface area contributed by atoms with Crippen LogP contribution in [0.3, 0.4) is 0 Å². The minimum Gasteiger partial charge on any atom is -0.392 e. The second-order valence-electron chi connectivity index (χ2n) is 5.78. The lowest BCUT2D eigenvalue weighted by Crippen LogP contribution is -2.49. The molecule has 1 aliphatic carbocycles. The fraction of sp³-hybridized carbons (Fsp3) is 0.600. The Balaban J connectivity index is 2.43. The van der Waals surface area contributed by atoms with Crippen LogP contribution in [-0.4, -0.2) is 36.8 Å². The van der Waals surface area contributed by atoms with Crippen LogP contribution in [0.5, 0.6) is 0 Å². The van der Waals surface area contributed by atoms with Gasteiger partial charge in [0.25, 0.3) is 0 Å². The molecule has 2 atom stereocenters. The molecule has 1 fully saturated rings. The maximum Gasteiger partial charge on any atom is 0.142 e. The number of benzene rings is 1. The summed E-state index contributed by atoms with van der Waals surface area (Å²) in [4.78, 5) is 2.06. The standard InChI is InChI=1S/C15H21ClFNO/c1-18(2)10-15(8-4-3-5-14(15)19)11-6-7-12(16)13(17)9-11/h6-7,9,14,19H,3-5,8,10H2,1-2H3/t14-,15?/m0/s1. The van der Waals surface area contributed by atoms with E-state index in [4.69, 9.17) is 11.6 Å². The first-order valence-electron chi connectivity index (χ1n) is 6.74. The van der Waals surface area contributed by atoms with Crippen LogP contribution in [0.15, 0.2) is 18.2 Å². The molecule has 2 rings (SSSR count). The molecule has 1 unspecified atom stereocenters. The van der Waals surface area contributed by atoms with Gasteiger partial charge in [0.15, 0.2) is 0 Å². The first-order valence-corrected chi connectivity index (χ1v) is 7.12. The minimum absolute atomic E-state index is 0.133. The van der Waals surface area contributed by atoms with Crippen LogP contribution in [0, 0.1) is 5.82 Å². The molecule has 1 aromatic rings. The summed E-state index contributed by atoms with van der Waals surface area (Å²) < 4.78 is 13.7. The average Bonchev–Trinajstić information content (AvgIpc) is 2.35. The van der Waals surface area contributed by atoms with E-state index in [2.05, 4.69) is 4.90 Å². The molecule has 19 heavy (non-hydrogen) atoms. The van der Waals surface area contributed by atoms with Crippen molar-refractivity contribution in [1.82, 2.24) is 4.90 Å². The van der Waals surface area contributed by atoms with Crippen molar-refractivity contribution in [3.8, 4) is 0 Å². The van der Waals surface area contributed by atoms with Crippen LogP contribution in [0.4, 0.5) is 4.39 Å². The molecular weight excluding hydrogens is 265 g/mol. The number of likely N-dealkylation sites (N-methyl/N-ethyl adjacent to an activating group) is 1. The molecule has 1 aliphatic rings. The molecule has 0 spiro atoms. The van der Waals surface area contributed by atoms with Gasteiger partial charge in [-0.2, -0.15) is 0 Å². The summed E-state index contributed by atoms with van der Waals surface area (Å²) in [6, 6.07) is 4.93. The molecule has 0 radical (unpaired) electrons. The zero-order valence-corrected chi connectivity index (χ0v) is 12.3. The number of nitrogens with zero attached hydrogens (tertiary/aromatic N) is 1. The van der Waals surface area contributed by atoms with Crippen LogP contribution >= 0.6 is 11.6 Å². The van der Waals surface area contributed by atoms with Crippen molar-refractivity contribution in [3.05, 3.63) is 34.6 Å². The van der Waals surface area contributed by atoms with Crippen molar-refractivity contribution >= 4 is 11.6 Å². The Bertz CT molecular complexity index is 452. The second-order valence-corrected chi connectivity index (χ2v) is 6.19. The number of hydrogen-bond acceptors (Lipinski definition) is 2. The third-order valence-electron chi connectivity index (χ3n) is 4.08. The van der Waals surface area contributed by atoms with Crippen molar-refractivity contribution in [2.75, 3.05) is 20.6 Å². The lowest BCUT2D eigenvalue weighted by molar-refractivity contribution is 0.0263. The lowest BCUT2D eigenvalue weighted by Gasteiger charge is -2.43. The van der Waals surface area contributed by atoms with E-state index in [1.54, 1.807) is 6.07 Å². The van der Waals surface area contributed by atoms with Gasteiger partial charge in [-0.05, 0) is 44.6 Å². The van der Waals surface area contributed by atoms with Gasteiger partial charge in [0, 0.05) is 12.0 Å². The van der Waals surface area contributed by atoms with Crippen LogP contribution in [0.25, 0.3) is 0 Å². The Morgan fingerprint density at radius 3 is 2.74 bits per heavy atom. The molecular formula is C15H21ClFNO. The molecule has 4 heteroatoms. The number of halogens is 2. The van der Waals surface area contributed by atoms with E-state index in [9.17, 15) is 9.50 Å². The molecule has 1 aromatic carbocycles. The smallest absolute Gasteiger partial charge is 0.142 e. The first-order chi connectivity index (χ1) is 8.95. The lowest BCUT2D eigenvalue weighted by atomic mass is 9.67. The Hall–Kier alpha value is -0.640. The maximum absolute atomic E-state index is 13.7. The Labute approximate surface area is 119 Å². The SMILES string of the molecule is CN(C)CC1(c2ccc(Cl)c(F)c2)CCCC[C@@H]1O. The second kappa shape index (κ2) is 5.78. The van der Waals surface area contributed by atoms with E-state index in [0.29, 0.717) is 0 Å². The highest BCUT2D eigenvalue weighted by atomic mass is 35.5. The largest absolute Gasteiger partial charge is 0.392 e. The molecule has 0 saturated heterocycles. The van der Waals surface area contributed by atoms with E-state index in [0.717, 1.165) is 37.8 Å². The van der Waals surface area contributed by atoms with E-state index in [-0.39, 0.29) is 10.4 Å². The highest BCUT2D eigenvalue weighted by molar-refractivity contribution is 6.30. The molecule has 0 bridgehead atoms. The predicted molar refractivity (Wildman–Crippen MR) is 76.1 cm³/mol. The van der Waals surface area contributed by atoms with Gasteiger partial charge < -0.3 is 10.0 Å². The van der Waals surface area contributed by atoms with Crippen LogP contribution in [-0.2, 0) is 5.41 Å². The molecule has 0 aliphatic heterocycles. The summed E-state index contributed by atoms with van der Waals surface area (Å²) in [7, 11) is 3.96. The van der Waals surface area contributed by atoms with Crippen LogP contribution in [0.1, 0.15) is 31.2 Å². The zero-order valence-electron chi connectivity index (χ0n) is 11.5. The van der Waals surface area contributed by atoms with Gasteiger partial charge in [-0.1, -0.05) is 30.5 Å². The van der Waals surface area contributed by atoms with Crippen molar-refractivity contribution in [3.63, 3.8) is 0 Å². The summed E-state index contributed by atoms with van der Waals surface area (Å²) in [5.74, 6) is -0.407. The van der Waals surface area contributed by atoms with E-state index >= 15 is 0 Å². The molecule has 2 nitrogen and oxygen atoms in total. The molecule has 1 N–H and O–H groups in total. The van der Waals surface area contributed by atoms with Gasteiger partial charge in [0.1, 0.15) is 5.82 Å². The van der Waals surface area contributed by atoms with Gasteiger partial charge >= 0.3 is 0 Å². The Kier molecular flexibility index (Phi) is 4.49. The third-order valence-corrected chi connectivity index (χ3v) is 4.39. The van der Waals surface area contributed by atoms with Crippen molar-refractivity contribution in [1.29, 1.82) is 0 Å². The van der Waals surface area contributed by atoms with E-state index in [1.165, 1.54) is 6.07 Å². The summed E-state index contributed by atoms with van der Waals surface area (Å²) in [5, 5.41) is 10.6. The van der Waals surface area contributed by atoms with Gasteiger partial charge in [-0.15, -0.1) is 0 Å². The topological polar surface area (TPSA) is 23.5 Å². The van der Waals surface area contributed by atoms with Crippen molar-refractivity contribution in [2.24, 2.45) is 0 Å². The van der Waals surface area contributed by atoms with Gasteiger partial charge in [0.2, 0.25) is 0 Å². The number of aliphatic hydroxyl groups is 1. The normalized spacial score (nSPS) is 27.8. The maximum atomic E-state index is 13.7. The number of hydrogen-bond donors (Lipinski definition) is 1. The molecule has 0 aromatic heterocycles. The highest BCUT2D eigenvalue weighted by Crippen LogP contribution is 2.41. The fourth-order valence-corrected chi connectivity index (χ4v) is 3.32.